The molecular formula is C36H32N3+. The van der Waals surface area contributed by atoms with Gasteiger partial charge in [0.15, 0.2) is 5.69 Å². The zero-order valence-corrected chi connectivity index (χ0v) is 22.6. The summed E-state index contributed by atoms with van der Waals surface area (Å²) in [7, 11) is 0. The van der Waals surface area contributed by atoms with Gasteiger partial charge in [0.05, 0.1) is 11.0 Å². The number of nitrogens with two attached hydrogens (primary N) is 1. The van der Waals surface area contributed by atoms with E-state index >= 15 is 0 Å². The zero-order chi connectivity index (χ0) is 26.3. The number of aliphatic imine (C=N–C) groups is 1. The Bertz CT molecular complexity index is 1910. The summed E-state index contributed by atoms with van der Waals surface area (Å²) in [6.07, 6.45) is 7.81. The number of hydrogen-bond donors (Lipinski definition) is 1. The molecule has 190 valence electrons. The number of fused-ring (bicyclic) bond motifs is 7. The third-order valence-corrected chi connectivity index (χ3v) is 9.21. The fourth-order valence-electron chi connectivity index (χ4n) is 7.18. The van der Waals surface area contributed by atoms with Crippen molar-refractivity contribution in [3.05, 3.63) is 120 Å². The molecule has 0 fully saturated rings. The topological polar surface area (TPSA) is 33.9 Å². The fourth-order valence-corrected chi connectivity index (χ4v) is 7.18. The van der Waals surface area contributed by atoms with E-state index in [9.17, 15) is 0 Å². The maximum absolute atomic E-state index is 5.36. The summed E-state index contributed by atoms with van der Waals surface area (Å²) in [5, 5.41) is 5.06. The molecule has 2 N–H and O–H groups in total. The number of para-hydroxylation sites is 3. The molecule has 5 aromatic rings. The molecule has 3 aliphatic rings. The maximum Gasteiger partial charge on any atom is 0.214 e. The first-order valence-corrected chi connectivity index (χ1v) is 14.1. The molecule has 0 radical (unpaired) electrons. The molecule has 39 heavy (non-hydrogen) atoms. The Kier molecular flexibility index (Phi) is 4.75. The summed E-state index contributed by atoms with van der Waals surface area (Å²) in [6.45, 7) is 7.06. The molecule has 0 saturated heterocycles. The minimum atomic E-state index is -0.0273. The second-order valence-electron chi connectivity index (χ2n) is 11.8. The molecule has 0 bridgehead atoms. The third-order valence-electron chi connectivity index (χ3n) is 9.21. The Morgan fingerprint density at radius 1 is 0.821 bits per heavy atom. The van der Waals surface area contributed by atoms with Crippen molar-refractivity contribution in [3.8, 4) is 11.1 Å². The van der Waals surface area contributed by atoms with Crippen molar-refractivity contribution in [3.63, 3.8) is 0 Å². The average Bonchev–Trinajstić information content (AvgIpc) is 3.40. The van der Waals surface area contributed by atoms with Crippen LogP contribution in [0.15, 0.2) is 114 Å². The Labute approximate surface area is 229 Å². The molecule has 0 spiro atoms. The normalized spacial score (nSPS) is 20.9. The van der Waals surface area contributed by atoms with Gasteiger partial charge in [-0.15, -0.1) is 0 Å². The van der Waals surface area contributed by atoms with Crippen LogP contribution in [-0.2, 0) is 5.41 Å². The van der Waals surface area contributed by atoms with Crippen LogP contribution in [0.3, 0.4) is 0 Å². The van der Waals surface area contributed by atoms with Crippen molar-refractivity contribution in [2.45, 2.75) is 38.8 Å². The lowest BCUT2D eigenvalue weighted by molar-refractivity contribution is -0.615. The van der Waals surface area contributed by atoms with E-state index in [1.54, 1.807) is 0 Å². The molecule has 0 saturated carbocycles. The molecule has 2 heterocycles. The minimum absolute atomic E-state index is 0.00482. The van der Waals surface area contributed by atoms with Gasteiger partial charge < -0.3 is 0 Å². The maximum atomic E-state index is 5.36. The van der Waals surface area contributed by atoms with Crippen LogP contribution in [0.1, 0.15) is 44.5 Å². The van der Waals surface area contributed by atoms with Crippen LogP contribution in [0.2, 0.25) is 0 Å². The van der Waals surface area contributed by atoms with Crippen molar-refractivity contribution in [1.29, 1.82) is 0 Å². The van der Waals surface area contributed by atoms with Gasteiger partial charge >= 0.3 is 0 Å². The van der Waals surface area contributed by atoms with E-state index < -0.39 is 0 Å². The lowest BCUT2D eigenvalue weighted by atomic mass is 9.82. The fraction of sp³-hybridized carbons (Fsp3) is 0.194. The lowest BCUT2D eigenvalue weighted by Gasteiger charge is -2.29. The van der Waals surface area contributed by atoms with E-state index in [4.69, 9.17) is 4.99 Å². The highest BCUT2D eigenvalue weighted by Gasteiger charge is 2.38. The largest absolute Gasteiger partial charge is 0.287 e. The van der Waals surface area contributed by atoms with E-state index in [0.29, 0.717) is 5.92 Å². The Morgan fingerprint density at radius 3 is 2.51 bits per heavy atom. The number of quaternary nitrogens is 1. The summed E-state index contributed by atoms with van der Waals surface area (Å²) < 4.78 is 2.56. The van der Waals surface area contributed by atoms with Gasteiger partial charge in [0.1, 0.15) is 11.4 Å². The summed E-state index contributed by atoms with van der Waals surface area (Å²) in [6, 6.07) is 31.3. The van der Waals surface area contributed by atoms with E-state index in [1.807, 2.05) is 0 Å². The highest BCUT2D eigenvalue weighted by Crippen LogP contribution is 2.51. The van der Waals surface area contributed by atoms with E-state index in [-0.39, 0.29) is 11.6 Å². The molecular weight excluding hydrogens is 474 g/mol. The van der Waals surface area contributed by atoms with Crippen LogP contribution in [0.4, 0.5) is 11.4 Å². The second-order valence-corrected chi connectivity index (χ2v) is 11.8. The van der Waals surface area contributed by atoms with Gasteiger partial charge in [0.2, 0.25) is 6.17 Å². The van der Waals surface area contributed by atoms with Gasteiger partial charge in [-0.1, -0.05) is 93.6 Å². The Hall–Kier alpha value is -4.21. The van der Waals surface area contributed by atoms with Crippen molar-refractivity contribution in [2.75, 3.05) is 0 Å². The first-order valence-electron chi connectivity index (χ1n) is 14.1. The molecule has 3 nitrogen and oxygen atoms in total. The third kappa shape index (κ3) is 3.17. The smallest absolute Gasteiger partial charge is 0.214 e. The van der Waals surface area contributed by atoms with Crippen LogP contribution in [-0.4, -0.2) is 10.3 Å². The Balaban J connectivity index is 1.44. The molecule has 2 atom stereocenters. The van der Waals surface area contributed by atoms with Gasteiger partial charge in [-0.3, -0.25) is 9.88 Å². The van der Waals surface area contributed by atoms with Crippen LogP contribution in [0.5, 0.6) is 0 Å². The highest BCUT2D eigenvalue weighted by molar-refractivity contribution is 6.13. The van der Waals surface area contributed by atoms with Gasteiger partial charge in [0.25, 0.3) is 0 Å². The van der Waals surface area contributed by atoms with Crippen molar-refractivity contribution in [2.24, 2.45) is 10.9 Å². The quantitative estimate of drug-likeness (QED) is 0.235. The predicted octanol–water partition coefficient (Wildman–Crippen LogP) is 8.10. The second kappa shape index (κ2) is 8.14. The molecule has 1 aromatic heterocycles. The Morgan fingerprint density at radius 2 is 1.62 bits per heavy atom. The summed E-state index contributed by atoms with van der Waals surface area (Å²) in [5.74, 6) is 0.430. The number of nitrogens with zero attached hydrogens (tertiary/aromatic N) is 2. The summed E-state index contributed by atoms with van der Waals surface area (Å²) >= 11 is 0. The molecule has 4 aromatic carbocycles. The number of rotatable bonds is 2. The number of allylic oxidation sites excluding steroid dienone is 3. The zero-order valence-electron chi connectivity index (χ0n) is 22.6. The molecule has 8 rings (SSSR count). The van der Waals surface area contributed by atoms with Crippen LogP contribution in [0, 0.1) is 5.92 Å². The lowest BCUT2D eigenvalue weighted by Crippen LogP contribution is -2.83. The molecule has 3 heteroatoms. The summed E-state index contributed by atoms with van der Waals surface area (Å²) in [5.41, 5.74) is 12.8. The molecule has 1 aliphatic heterocycles. The molecule has 0 amide bonds. The summed E-state index contributed by atoms with van der Waals surface area (Å²) in [4.78, 5) is 5.36. The molecule has 2 unspecified atom stereocenters. The number of aromatic nitrogens is 1. The van der Waals surface area contributed by atoms with E-state index in [2.05, 4.69) is 134 Å². The molecule has 2 aliphatic carbocycles. The van der Waals surface area contributed by atoms with Gasteiger partial charge in [-0.2, -0.15) is 0 Å². The highest BCUT2D eigenvalue weighted by atomic mass is 15.2. The van der Waals surface area contributed by atoms with Crippen LogP contribution in [0.25, 0.3) is 32.9 Å². The monoisotopic (exact) mass is 506 g/mol. The standard InChI is InChI=1S/C36H31N3/c1-22-12-4-5-13-23(22)34-35(38-31-18-10-9-17-30(31)37-34)39-32-19-11-7-15-25(32)27-20-29-26(21-33(27)39)24-14-6-8-16-28(24)36(29,2)3/h4-11,13-22,35,38H,12H2,1-3H3/p+1. The van der Waals surface area contributed by atoms with E-state index in [0.717, 1.165) is 17.8 Å². The predicted molar refractivity (Wildman–Crippen MR) is 162 cm³/mol. The van der Waals surface area contributed by atoms with Crippen molar-refractivity contribution < 1.29 is 5.32 Å². The minimum Gasteiger partial charge on any atom is -0.287 e. The van der Waals surface area contributed by atoms with Gasteiger partial charge in [0, 0.05) is 22.3 Å². The van der Waals surface area contributed by atoms with Crippen LogP contribution >= 0.6 is 0 Å². The first kappa shape index (κ1) is 22.7. The van der Waals surface area contributed by atoms with Crippen molar-refractivity contribution >= 4 is 38.9 Å². The number of hydrogen-bond acceptors (Lipinski definition) is 1. The van der Waals surface area contributed by atoms with Crippen LogP contribution < -0.4 is 5.32 Å². The first-order chi connectivity index (χ1) is 19.0. The van der Waals surface area contributed by atoms with E-state index in [1.165, 1.54) is 55.3 Å². The van der Waals surface area contributed by atoms with Gasteiger partial charge in [-0.05, 0) is 64.4 Å². The average molecular weight is 507 g/mol. The SMILES string of the molecule is CC1CC=CC=C1C1=Nc2ccccc2[NH2+]C1n1c2ccccc2c2cc3c(cc21)-c1ccccc1C3(C)C. The van der Waals surface area contributed by atoms with Crippen molar-refractivity contribution in [1.82, 2.24) is 4.57 Å². The number of benzene rings is 4. The van der Waals surface area contributed by atoms with Gasteiger partial charge in [-0.25, -0.2) is 4.99 Å².